The molecule has 0 saturated heterocycles. The minimum Gasteiger partial charge on any atom is -0.384 e. The molecule has 3 rings (SSSR count). The molecule has 3 aromatic heterocycles. The molecule has 0 bridgehead atoms. The predicted molar refractivity (Wildman–Crippen MR) is 97.1 cm³/mol. The van der Waals surface area contributed by atoms with E-state index < -0.39 is 11.7 Å². The smallest absolute Gasteiger partial charge is 0.384 e. The van der Waals surface area contributed by atoms with Gasteiger partial charge in [-0.05, 0) is 19.2 Å². The zero-order valence-electron chi connectivity index (χ0n) is 13.2. The third-order valence-electron chi connectivity index (χ3n) is 3.40. The van der Waals surface area contributed by atoms with Crippen LogP contribution in [0.2, 0.25) is 0 Å². The Bertz CT molecular complexity index is 911. The fraction of sp³-hybridized carbons (Fsp3) is 0.267. The number of hydrogen-bond acceptors (Lipinski definition) is 7. The van der Waals surface area contributed by atoms with Crippen LogP contribution in [0.15, 0.2) is 33.9 Å². The molecule has 0 aliphatic carbocycles. The number of pyridine rings is 1. The number of anilines is 1. The first-order chi connectivity index (χ1) is 11.8. The Morgan fingerprint density at radius 3 is 2.68 bits per heavy atom. The van der Waals surface area contributed by atoms with E-state index in [4.69, 9.17) is 5.73 Å². The zero-order chi connectivity index (χ0) is 18.2. The lowest BCUT2D eigenvalue weighted by atomic mass is 10.1. The summed E-state index contributed by atoms with van der Waals surface area (Å²) in [6.45, 7) is 1.85. The quantitative estimate of drug-likeness (QED) is 0.365. The predicted octanol–water partition coefficient (Wildman–Crippen LogP) is 5.26. The van der Waals surface area contributed by atoms with Gasteiger partial charge in [0.2, 0.25) is 0 Å². The van der Waals surface area contributed by atoms with Gasteiger partial charge in [-0.3, -0.25) is 4.98 Å². The average Bonchev–Trinajstić information content (AvgIpc) is 2.97. The highest BCUT2D eigenvalue weighted by Gasteiger charge is 2.33. The number of fused-ring (bicyclic) bond motifs is 1. The number of aromatic nitrogens is 3. The van der Waals surface area contributed by atoms with Gasteiger partial charge in [-0.1, -0.05) is 11.8 Å². The maximum Gasteiger partial charge on any atom is 0.417 e. The van der Waals surface area contributed by atoms with Crippen molar-refractivity contribution in [1.82, 2.24) is 15.0 Å². The minimum absolute atomic E-state index is 0.174. The molecule has 0 fully saturated rings. The summed E-state index contributed by atoms with van der Waals surface area (Å²) in [5, 5.41) is 2.29. The molecule has 1 atom stereocenters. The van der Waals surface area contributed by atoms with Crippen LogP contribution < -0.4 is 5.73 Å². The van der Waals surface area contributed by atoms with Gasteiger partial charge >= 0.3 is 6.18 Å². The molecule has 4 nitrogen and oxygen atoms in total. The van der Waals surface area contributed by atoms with Crippen LogP contribution in [0, 0.1) is 0 Å². The Kier molecular flexibility index (Phi) is 5.12. The van der Waals surface area contributed by atoms with Crippen LogP contribution in [-0.2, 0) is 6.18 Å². The molecular formula is C15H13F3N4S3. The number of thioether (sulfide) groups is 2. The topological polar surface area (TPSA) is 64.7 Å². The van der Waals surface area contributed by atoms with Crippen molar-refractivity contribution in [2.75, 3.05) is 12.0 Å². The maximum absolute atomic E-state index is 13.1. The van der Waals surface area contributed by atoms with E-state index in [-0.39, 0.29) is 10.6 Å². The monoisotopic (exact) mass is 402 g/mol. The number of nitrogens with zero attached hydrogens (tertiary/aromatic N) is 3. The average molecular weight is 402 g/mol. The van der Waals surface area contributed by atoms with Gasteiger partial charge in [-0.25, -0.2) is 9.97 Å². The van der Waals surface area contributed by atoms with Crippen LogP contribution in [0.1, 0.15) is 23.4 Å². The lowest BCUT2D eigenvalue weighted by Gasteiger charge is -2.11. The van der Waals surface area contributed by atoms with Crippen LogP contribution in [-0.4, -0.2) is 21.2 Å². The van der Waals surface area contributed by atoms with Gasteiger partial charge < -0.3 is 5.73 Å². The lowest BCUT2D eigenvalue weighted by molar-refractivity contribution is -0.136. The number of nitrogens with two attached hydrogens (primary N) is 1. The second-order valence-electron chi connectivity index (χ2n) is 5.13. The second kappa shape index (κ2) is 7.00. The van der Waals surface area contributed by atoms with Gasteiger partial charge in [0.25, 0.3) is 0 Å². The third kappa shape index (κ3) is 4.01. The highest BCUT2D eigenvalue weighted by molar-refractivity contribution is 7.99. The second-order valence-corrected chi connectivity index (χ2v) is 8.18. The van der Waals surface area contributed by atoms with Crippen LogP contribution in [0.25, 0.3) is 10.1 Å². The molecule has 10 heteroatoms. The molecule has 3 heterocycles. The van der Waals surface area contributed by atoms with Crippen molar-refractivity contribution in [2.45, 2.75) is 28.5 Å². The van der Waals surface area contributed by atoms with E-state index in [9.17, 15) is 13.2 Å². The van der Waals surface area contributed by atoms with Gasteiger partial charge in [-0.15, -0.1) is 23.1 Å². The van der Waals surface area contributed by atoms with E-state index in [2.05, 4.69) is 15.0 Å². The Morgan fingerprint density at radius 1 is 1.24 bits per heavy atom. The molecule has 2 N–H and O–H groups in total. The van der Waals surface area contributed by atoms with Gasteiger partial charge in [0.1, 0.15) is 10.8 Å². The van der Waals surface area contributed by atoms with Gasteiger partial charge in [0, 0.05) is 23.0 Å². The highest BCUT2D eigenvalue weighted by Crippen LogP contribution is 2.40. The minimum atomic E-state index is -4.38. The summed E-state index contributed by atoms with van der Waals surface area (Å²) in [5.41, 5.74) is 5.67. The molecule has 3 aromatic rings. The summed E-state index contributed by atoms with van der Waals surface area (Å²) in [7, 11) is 0. The number of nitrogen functional groups attached to an aromatic ring is 1. The van der Waals surface area contributed by atoms with E-state index >= 15 is 0 Å². The lowest BCUT2D eigenvalue weighted by Crippen LogP contribution is -2.04. The number of hydrogen-bond donors (Lipinski definition) is 1. The highest BCUT2D eigenvalue weighted by atomic mass is 32.2. The third-order valence-corrected chi connectivity index (χ3v) is 5.95. The van der Waals surface area contributed by atoms with Crippen LogP contribution in [0.3, 0.4) is 0 Å². The summed E-state index contributed by atoms with van der Waals surface area (Å²) in [6.07, 6.45) is -1.02. The van der Waals surface area contributed by atoms with Gasteiger partial charge in [-0.2, -0.15) is 13.2 Å². The molecule has 132 valence electrons. The van der Waals surface area contributed by atoms with E-state index in [1.54, 1.807) is 6.07 Å². The fourth-order valence-corrected chi connectivity index (χ4v) is 4.45. The number of halogens is 3. The van der Waals surface area contributed by atoms with Crippen molar-refractivity contribution < 1.29 is 13.2 Å². The molecule has 25 heavy (non-hydrogen) atoms. The normalized spacial score (nSPS) is 13.3. The maximum atomic E-state index is 13.1. The molecule has 0 aliphatic rings. The van der Waals surface area contributed by atoms with E-state index in [0.717, 1.165) is 21.7 Å². The molecule has 1 unspecified atom stereocenters. The first-order valence-corrected chi connectivity index (χ1v) is 10.1. The Morgan fingerprint density at radius 2 is 2.00 bits per heavy atom. The molecule has 0 saturated carbocycles. The largest absolute Gasteiger partial charge is 0.417 e. The van der Waals surface area contributed by atoms with Crippen LogP contribution >= 0.6 is 34.9 Å². The van der Waals surface area contributed by atoms with Crippen LogP contribution in [0.5, 0.6) is 0 Å². The van der Waals surface area contributed by atoms with Crippen molar-refractivity contribution in [2.24, 2.45) is 0 Å². The van der Waals surface area contributed by atoms with Crippen molar-refractivity contribution >= 4 is 50.8 Å². The van der Waals surface area contributed by atoms with Crippen LogP contribution in [0.4, 0.5) is 19.0 Å². The standard InChI is InChI=1S/C15H13F3N4S3/c1-7(25-14-21-12(19)4-13(22-14)23-2)10-3-8-9(15(16,17)18)6-24-11(8)5-20-10/h3-7H,1-2H3,(H2,19,21,22). The fourth-order valence-electron chi connectivity index (χ4n) is 2.19. The first kappa shape index (κ1) is 18.3. The summed E-state index contributed by atoms with van der Waals surface area (Å²) in [5.74, 6) is 0.356. The van der Waals surface area contributed by atoms with E-state index in [0.29, 0.717) is 21.4 Å². The molecule has 0 aromatic carbocycles. The molecule has 0 radical (unpaired) electrons. The first-order valence-electron chi connectivity index (χ1n) is 7.07. The summed E-state index contributed by atoms with van der Waals surface area (Å²) < 4.78 is 39.8. The van der Waals surface area contributed by atoms with Crippen molar-refractivity contribution in [3.05, 3.63) is 35.0 Å². The summed E-state index contributed by atoms with van der Waals surface area (Å²) >= 11 is 3.79. The molecule has 0 aliphatic heterocycles. The van der Waals surface area contributed by atoms with Crippen molar-refractivity contribution in [3.8, 4) is 0 Å². The van der Waals surface area contributed by atoms with Gasteiger partial charge in [0.15, 0.2) is 5.16 Å². The SMILES string of the molecule is CSc1cc(N)nc(SC(C)c2cc3c(C(F)(F)F)csc3cn2)n1. The summed E-state index contributed by atoms with van der Waals surface area (Å²) in [6, 6.07) is 3.17. The summed E-state index contributed by atoms with van der Waals surface area (Å²) in [4.78, 5) is 12.8. The molecule has 0 spiro atoms. The Hall–Kier alpha value is -1.52. The Balaban J connectivity index is 1.92. The molecular weight excluding hydrogens is 389 g/mol. The van der Waals surface area contributed by atoms with E-state index in [1.807, 2.05) is 13.2 Å². The number of alkyl halides is 3. The van der Waals surface area contributed by atoms with Gasteiger partial charge in [0.05, 0.1) is 21.2 Å². The zero-order valence-corrected chi connectivity index (χ0v) is 15.6. The number of thiophene rings is 1. The Labute approximate surface area is 154 Å². The van der Waals surface area contributed by atoms with E-state index in [1.165, 1.54) is 35.8 Å². The van der Waals surface area contributed by atoms with Crippen molar-refractivity contribution in [3.63, 3.8) is 0 Å². The number of rotatable bonds is 4. The van der Waals surface area contributed by atoms with Crippen molar-refractivity contribution in [1.29, 1.82) is 0 Å². The molecule has 0 amide bonds.